The summed E-state index contributed by atoms with van der Waals surface area (Å²) in [6.07, 6.45) is 3.68. The number of hydrogen-bond donors (Lipinski definition) is 1. The maximum absolute atomic E-state index is 12.1. The van der Waals surface area contributed by atoms with Gasteiger partial charge in [-0.05, 0) is 12.0 Å². The number of carbonyl (C=O) groups is 1. The summed E-state index contributed by atoms with van der Waals surface area (Å²) in [7, 11) is 0. The van der Waals surface area contributed by atoms with Crippen LogP contribution in [-0.2, 0) is 17.8 Å². The Morgan fingerprint density at radius 3 is 2.79 bits per heavy atom. The fourth-order valence-corrected chi connectivity index (χ4v) is 2.30. The van der Waals surface area contributed by atoms with Crippen molar-refractivity contribution in [3.05, 3.63) is 47.9 Å². The summed E-state index contributed by atoms with van der Waals surface area (Å²) < 4.78 is 6.36. The van der Waals surface area contributed by atoms with Crippen LogP contribution in [0, 0.1) is 0 Å². The number of benzene rings is 1. The molecule has 7 heteroatoms. The van der Waals surface area contributed by atoms with Crippen molar-refractivity contribution in [3.63, 3.8) is 0 Å². The third-order valence-corrected chi connectivity index (χ3v) is 3.60. The van der Waals surface area contributed by atoms with E-state index in [1.165, 1.54) is 6.20 Å². The molecule has 1 aromatic carbocycles. The predicted molar refractivity (Wildman–Crippen MR) is 90.4 cm³/mol. The van der Waals surface area contributed by atoms with Crippen molar-refractivity contribution in [1.29, 1.82) is 0 Å². The monoisotopic (exact) mass is 325 g/mol. The summed E-state index contributed by atoms with van der Waals surface area (Å²) in [6.45, 7) is 2.28. The Kier molecular flexibility index (Phi) is 4.69. The first-order chi connectivity index (χ1) is 11.7. The molecule has 0 atom stereocenters. The van der Waals surface area contributed by atoms with E-state index in [1.54, 1.807) is 0 Å². The molecule has 3 aromatic rings. The van der Waals surface area contributed by atoms with Gasteiger partial charge in [-0.3, -0.25) is 0 Å². The molecule has 0 spiro atoms. The largest absolute Gasteiger partial charge is 0.443 e. The number of fused-ring (bicyclic) bond motifs is 1. The van der Waals surface area contributed by atoms with Gasteiger partial charge in [-0.15, -0.1) is 5.10 Å². The number of aromatic nitrogens is 4. The molecule has 0 saturated carbocycles. The number of nitrogen functional groups attached to an aromatic ring is 1. The van der Waals surface area contributed by atoms with Gasteiger partial charge in [-0.25, -0.2) is 14.8 Å². The lowest BCUT2D eigenvalue weighted by atomic mass is 10.2. The van der Waals surface area contributed by atoms with Crippen LogP contribution in [0.2, 0.25) is 0 Å². The Morgan fingerprint density at radius 2 is 2.04 bits per heavy atom. The first kappa shape index (κ1) is 15.9. The third-order valence-electron chi connectivity index (χ3n) is 3.60. The lowest BCUT2D eigenvalue weighted by molar-refractivity contribution is 0.138. The fourth-order valence-electron chi connectivity index (χ4n) is 2.30. The molecule has 7 nitrogen and oxygen atoms in total. The number of rotatable bonds is 5. The van der Waals surface area contributed by atoms with Crippen LogP contribution >= 0.6 is 0 Å². The zero-order valence-electron chi connectivity index (χ0n) is 13.5. The van der Waals surface area contributed by atoms with Crippen molar-refractivity contribution >= 4 is 22.9 Å². The summed E-state index contributed by atoms with van der Waals surface area (Å²) >= 11 is 0. The average molecular weight is 325 g/mol. The van der Waals surface area contributed by atoms with Gasteiger partial charge in [0.2, 0.25) is 0 Å². The molecule has 24 heavy (non-hydrogen) atoms. The summed E-state index contributed by atoms with van der Waals surface area (Å²) in [4.78, 5) is 20.8. The van der Waals surface area contributed by atoms with E-state index < -0.39 is 6.09 Å². The highest BCUT2D eigenvalue weighted by Gasteiger charge is 2.14. The molecule has 0 amide bonds. The number of anilines is 1. The lowest BCUT2D eigenvalue weighted by Gasteiger charge is -2.03. The highest BCUT2D eigenvalue weighted by Crippen LogP contribution is 2.17. The van der Waals surface area contributed by atoms with Crippen LogP contribution in [0.5, 0.6) is 0 Å². The number of nitrogens with zero attached hydrogens (tertiary/aromatic N) is 4. The third kappa shape index (κ3) is 3.51. The van der Waals surface area contributed by atoms with Crippen LogP contribution in [0.15, 0.2) is 36.5 Å². The summed E-state index contributed by atoms with van der Waals surface area (Å²) in [5.41, 5.74) is 7.26. The van der Waals surface area contributed by atoms with Gasteiger partial charge in [-0.1, -0.05) is 43.7 Å². The number of nitrogens with two attached hydrogens (primary N) is 1. The SMILES string of the molecule is CCCCc1nc(N)c2cn(C(=O)OCc3ccccc3)nc2n1. The molecule has 0 aliphatic heterocycles. The van der Waals surface area contributed by atoms with Crippen LogP contribution < -0.4 is 5.73 Å². The zero-order chi connectivity index (χ0) is 16.9. The molecule has 2 heterocycles. The minimum Gasteiger partial charge on any atom is -0.443 e. The second kappa shape index (κ2) is 7.08. The molecule has 2 N–H and O–H groups in total. The van der Waals surface area contributed by atoms with E-state index >= 15 is 0 Å². The molecule has 2 aromatic heterocycles. The number of carbonyl (C=O) groups excluding carboxylic acids is 1. The van der Waals surface area contributed by atoms with Crippen LogP contribution in [0.25, 0.3) is 11.0 Å². The standard InChI is InChI=1S/C17H19N5O2/c1-2-3-9-14-19-15(18)13-10-22(21-16(13)20-14)17(23)24-11-12-7-5-4-6-8-12/h4-8,10H,2-3,9,11H2,1H3,(H2,18,19,20,21). The molecule has 0 aliphatic carbocycles. The molecule has 0 bridgehead atoms. The molecule has 124 valence electrons. The molecular weight excluding hydrogens is 306 g/mol. The quantitative estimate of drug-likeness (QED) is 0.775. The van der Waals surface area contributed by atoms with Crippen molar-refractivity contribution in [2.45, 2.75) is 32.8 Å². The van der Waals surface area contributed by atoms with E-state index in [9.17, 15) is 4.79 Å². The second-order valence-electron chi connectivity index (χ2n) is 5.48. The minimum absolute atomic E-state index is 0.179. The Bertz CT molecular complexity index is 845. The van der Waals surface area contributed by atoms with E-state index in [0.717, 1.165) is 29.5 Å². The van der Waals surface area contributed by atoms with E-state index in [-0.39, 0.29) is 6.61 Å². The highest BCUT2D eigenvalue weighted by atomic mass is 16.6. The van der Waals surface area contributed by atoms with E-state index in [2.05, 4.69) is 22.0 Å². The summed E-state index contributed by atoms with van der Waals surface area (Å²) in [6, 6.07) is 9.45. The maximum atomic E-state index is 12.1. The smallest absolute Gasteiger partial charge is 0.435 e. The Balaban J connectivity index is 1.77. The Hall–Kier alpha value is -2.96. The molecule has 0 radical (unpaired) electrons. The first-order valence-corrected chi connectivity index (χ1v) is 7.90. The Morgan fingerprint density at radius 1 is 1.25 bits per heavy atom. The van der Waals surface area contributed by atoms with Gasteiger partial charge in [0.15, 0.2) is 5.65 Å². The van der Waals surface area contributed by atoms with Gasteiger partial charge in [0, 0.05) is 6.42 Å². The number of aryl methyl sites for hydroxylation is 1. The van der Waals surface area contributed by atoms with Crippen molar-refractivity contribution in [3.8, 4) is 0 Å². The zero-order valence-corrected chi connectivity index (χ0v) is 13.5. The van der Waals surface area contributed by atoms with Crippen LogP contribution in [-0.4, -0.2) is 25.8 Å². The number of unbranched alkanes of at least 4 members (excludes halogenated alkanes) is 1. The lowest BCUT2D eigenvalue weighted by Crippen LogP contribution is -2.14. The molecule has 0 aliphatic rings. The van der Waals surface area contributed by atoms with Gasteiger partial charge >= 0.3 is 6.09 Å². The fraction of sp³-hybridized carbons (Fsp3) is 0.294. The van der Waals surface area contributed by atoms with Crippen LogP contribution in [0.3, 0.4) is 0 Å². The molecule has 0 fully saturated rings. The van der Waals surface area contributed by atoms with E-state index in [4.69, 9.17) is 10.5 Å². The second-order valence-corrected chi connectivity index (χ2v) is 5.48. The van der Waals surface area contributed by atoms with Crippen molar-refractivity contribution < 1.29 is 9.53 Å². The maximum Gasteiger partial charge on any atom is 0.435 e. The topological polar surface area (TPSA) is 95.9 Å². The van der Waals surface area contributed by atoms with Gasteiger partial charge in [0.1, 0.15) is 18.2 Å². The van der Waals surface area contributed by atoms with Gasteiger partial charge in [-0.2, -0.15) is 4.68 Å². The Labute approximate surface area is 139 Å². The predicted octanol–water partition coefficient (Wildman–Crippen LogP) is 2.94. The van der Waals surface area contributed by atoms with Crippen molar-refractivity contribution in [1.82, 2.24) is 19.7 Å². The first-order valence-electron chi connectivity index (χ1n) is 7.90. The molecule has 3 rings (SSSR count). The van der Waals surface area contributed by atoms with E-state index in [0.29, 0.717) is 22.7 Å². The summed E-state index contributed by atoms with van der Waals surface area (Å²) in [5.74, 6) is 0.970. The van der Waals surface area contributed by atoms with Crippen LogP contribution in [0.4, 0.5) is 10.6 Å². The number of ether oxygens (including phenoxy) is 1. The number of hydrogen-bond acceptors (Lipinski definition) is 6. The normalized spacial score (nSPS) is 10.9. The molecule has 0 unspecified atom stereocenters. The van der Waals surface area contributed by atoms with Gasteiger partial charge in [0.25, 0.3) is 0 Å². The average Bonchev–Trinajstić information content (AvgIpc) is 3.03. The molecular formula is C17H19N5O2. The minimum atomic E-state index is -0.577. The van der Waals surface area contributed by atoms with Crippen LogP contribution in [0.1, 0.15) is 31.2 Å². The molecule has 0 saturated heterocycles. The van der Waals surface area contributed by atoms with E-state index in [1.807, 2.05) is 30.3 Å². The van der Waals surface area contributed by atoms with Gasteiger partial charge < -0.3 is 10.5 Å². The van der Waals surface area contributed by atoms with Gasteiger partial charge in [0.05, 0.1) is 11.6 Å². The van der Waals surface area contributed by atoms with Crippen molar-refractivity contribution in [2.24, 2.45) is 0 Å². The van der Waals surface area contributed by atoms with Crippen molar-refractivity contribution in [2.75, 3.05) is 5.73 Å². The summed E-state index contributed by atoms with van der Waals surface area (Å²) in [5, 5.41) is 4.71. The highest BCUT2D eigenvalue weighted by molar-refractivity contribution is 5.87.